The van der Waals surface area contributed by atoms with Gasteiger partial charge in [-0.2, -0.15) is 0 Å². The molecule has 27 heavy (non-hydrogen) atoms. The average Bonchev–Trinajstić information content (AvgIpc) is 2.74. The van der Waals surface area contributed by atoms with E-state index < -0.39 is 0 Å². The van der Waals surface area contributed by atoms with Crippen LogP contribution < -0.4 is 25.3 Å². The Morgan fingerprint density at radius 2 is 1.85 bits per heavy atom. The molecule has 3 N–H and O–H groups in total. The molecule has 2 heterocycles. The van der Waals surface area contributed by atoms with Gasteiger partial charge < -0.3 is 25.3 Å². The number of hydrogen-bond acceptors (Lipinski definition) is 6. The zero-order valence-electron chi connectivity index (χ0n) is 15.1. The first-order valence-corrected chi connectivity index (χ1v) is 8.78. The van der Waals surface area contributed by atoms with Gasteiger partial charge in [0.05, 0.1) is 12.8 Å². The van der Waals surface area contributed by atoms with E-state index in [9.17, 15) is 0 Å². The highest BCUT2D eigenvalue weighted by Crippen LogP contribution is 2.40. The monoisotopic (exact) mass is 363 g/mol. The van der Waals surface area contributed by atoms with Crippen LogP contribution in [0.1, 0.15) is 5.56 Å². The maximum absolute atomic E-state index is 5.80. The molecule has 0 fully saturated rings. The third-order valence-electron chi connectivity index (χ3n) is 4.36. The number of benzene rings is 2. The third kappa shape index (κ3) is 3.52. The fraction of sp³-hybridized carbons (Fsp3) is 0.190. The number of nitrogens with one attached hydrogen (secondary N) is 1. The molecule has 6 heteroatoms. The molecule has 138 valence electrons. The molecule has 0 unspecified atom stereocenters. The molecule has 1 aliphatic rings. The number of fused-ring (bicyclic) bond motifs is 1. The summed E-state index contributed by atoms with van der Waals surface area (Å²) in [5.74, 6) is 1.96. The molecule has 0 saturated heterocycles. The van der Waals surface area contributed by atoms with Crippen LogP contribution in [0, 0.1) is 0 Å². The van der Waals surface area contributed by atoms with Crippen LogP contribution >= 0.6 is 0 Å². The molecule has 1 aliphatic heterocycles. The van der Waals surface area contributed by atoms with Gasteiger partial charge >= 0.3 is 0 Å². The highest BCUT2D eigenvalue weighted by Gasteiger charge is 2.18. The van der Waals surface area contributed by atoms with Crippen molar-refractivity contribution < 1.29 is 14.2 Å². The number of ether oxygens (including phenoxy) is 3. The number of nitrogens with zero attached hydrogens (tertiary/aromatic N) is 1. The highest BCUT2D eigenvalue weighted by atomic mass is 16.6. The van der Waals surface area contributed by atoms with Crippen molar-refractivity contribution >= 4 is 11.4 Å². The Morgan fingerprint density at radius 3 is 2.63 bits per heavy atom. The minimum Gasteiger partial charge on any atom is -0.486 e. The van der Waals surface area contributed by atoms with Crippen molar-refractivity contribution in [2.45, 2.75) is 6.54 Å². The number of para-hydroxylation sites is 1. The molecular formula is C21H21N3O3. The average molecular weight is 363 g/mol. The van der Waals surface area contributed by atoms with Crippen molar-refractivity contribution in [3.05, 3.63) is 60.2 Å². The van der Waals surface area contributed by atoms with Crippen molar-refractivity contribution in [3.63, 3.8) is 0 Å². The summed E-state index contributed by atoms with van der Waals surface area (Å²) in [6, 6.07) is 17.6. The summed E-state index contributed by atoms with van der Waals surface area (Å²) in [4.78, 5) is 4.66. The lowest BCUT2D eigenvalue weighted by Crippen LogP contribution is -2.16. The van der Waals surface area contributed by atoms with Gasteiger partial charge in [-0.1, -0.05) is 18.2 Å². The third-order valence-corrected chi connectivity index (χ3v) is 4.36. The van der Waals surface area contributed by atoms with E-state index in [-0.39, 0.29) is 0 Å². The van der Waals surface area contributed by atoms with Gasteiger partial charge in [-0.25, -0.2) is 4.98 Å². The second-order valence-electron chi connectivity index (χ2n) is 6.11. The maximum Gasteiger partial charge on any atom is 0.238 e. The van der Waals surface area contributed by atoms with Crippen LogP contribution in [-0.4, -0.2) is 25.3 Å². The first kappa shape index (κ1) is 17.2. The van der Waals surface area contributed by atoms with E-state index >= 15 is 0 Å². The van der Waals surface area contributed by atoms with Crippen molar-refractivity contribution in [2.24, 2.45) is 5.73 Å². The largest absolute Gasteiger partial charge is 0.486 e. The molecule has 0 atom stereocenters. The quantitative estimate of drug-likeness (QED) is 0.719. The molecule has 0 spiro atoms. The lowest BCUT2D eigenvalue weighted by Gasteiger charge is -2.21. The van der Waals surface area contributed by atoms with E-state index in [0.717, 1.165) is 39.7 Å². The van der Waals surface area contributed by atoms with Crippen LogP contribution in [0.2, 0.25) is 0 Å². The summed E-state index contributed by atoms with van der Waals surface area (Å²) in [5, 5.41) is 3.33. The summed E-state index contributed by atoms with van der Waals surface area (Å²) < 4.78 is 17.0. The minimum absolute atomic E-state index is 0.504. The molecule has 6 nitrogen and oxygen atoms in total. The van der Waals surface area contributed by atoms with Crippen molar-refractivity contribution in [2.75, 3.05) is 25.6 Å². The van der Waals surface area contributed by atoms with Gasteiger partial charge in [-0.05, 0) is 42.0 Å². The van der Waals surface area contributed by atoms with E-state index in [4.69, 9.17) is 19.9 Å². The topological polar surface area (TPSA) is 78.6 Å². The molecule has 0 amide bonds. The van der Waals surface area contributed by atoms with E-state index in [1.165, 1.54) is 0 Å². The number of methoxy groups -OCH3 is 1. The maximum atomic E-state index is 5.80. The number of anilines is 2. The smallest absolute Gasteiger partial charge is 0.238 e. The molecule has 0 aliphatic carbocycles. The Morgan fingerprint density at radius 1 is 1.04 bits per heavy atom. The normalized spacial score (nSPS) is 12.5. The summed E-state index contributed by atoms with van der Waals surface area (Å²) in [6.07, 6.45) is 0. The molecule has 3 aromatic rings. The first-order chi connectivity index (χ1) is 13.3. The summed E-state index contributed by atoms with van der Waals surface area (Å²) >= 11 is 0. The summed E-state index contributed by atoms with van der Waals surface area (Å²) in [7, 11) is 1.61. The molecular weight excluding hydrogens is 342 g/mol. The molecule has 2 aromatic carbocycles. The molecule has 4 rings (SSSR count). The van der Waals surface area contributed by atoms with Gasteiger partial charge in [0, 0.05) is 17.8 Å². The second-order valence-corrected chi connectivity index (χ2v) is 6.11. The minimum atomic E-state index is 0.504. The van der Waals surface area contributed by atoms with Gasteiger partial charge in [-0.15, -0.1) is 0 Å². The van der Waals surface area contributed by atoms with Crippen LogP contribution in [0.15, 0.2) is 54.6 Å². The fourth-order valence-electron chi connectivity index (χ4n) is 3.00. The van der Waals surface area contributed by atoms with Gasteiger partial charge in [-0.3, -0.25) is 0 Å². The van der Waals surface area contributed by atoms with E-state index in [0.29, 0.717) is 25.6 Å². The lowest BCUT2D eigenvalue weighted by atomic mass is 10.1. The van der Waals surface area contributed by atoms with Gasteiger partial charge in [0.2, 0.25) is 5.88 Å². The summed E-state index contributed by atoms with van der Waals surface area (Å²) in [5.41, 5.74) is 10.1. The lowest BCUT2D eigenvalue weighted by molar-refractivity contribution is 0.172. The number of hydrogen-bond donors (Lipinski definition) is 2. The predicted molar refractivity (Wildman–Crippen MR) is 105 cm³/mol. The predicted octanol–water partition coefficient (Wildman–Crippen LogP) is 3.73. The Bertz CT molecular complexity index is 942. The fourth-order valence-corrected chi connectivity index (χ4v) is 3.00. The van der Waals surface area contributed by atoms with Crippen molar-refractivity contribution in [1.82, 2.24) is 4.98 Å². The zero-order chi connectivity index (χ0) is 18.6. The van der Waals surface area contributed by atoms with E-state index in [2.05, 4.69) is 10.3 Å². The zero-order valence-corrected chi connectivity index (χ0v) is 15.1. The van der Waals surface area contributed by atoms with Crippen LogP contribution in [0.25, 0.3) is 11.3 Å². The Labute approximate surface area is 157 Å². The van der Waals surface area contributed by atoms with Gasteiger partial charge in [0.1, 0.15) is 18.9 Å². The second kappa shape index (κ2) is 7.55. The van der Waals surface area contributed by atoms with Crippen LogP contribution in [0.3, 0.4) is 0 Å². The highest BCUT2D eigenvalue weighted by molar-refractivity contribution is 5.74. The van der Waals surface area contributed by atoms with Crippen molar-refractivity contribution in [1.29, 1.82) is 0 Å². The Hall–Kier alpha value is -3.25. The molecule has 0 saturated carbocycles. The molecule has 0 bridgehead atoms. The molecule has 0 radical (unpaired) electrons. The van der Waals surface area contributed by atoms with Crippen LogP contribution in [-0.2, 0) is 6.54 Å². The van der Waals surface area contributed by atoms with Gasteiger partial charge in [0.25, 0.3) is 0 Å². The number of aromatic nitrogens is 1. The first-order valence-electron chi connectivity index (χ1n) is 8.78. The number of nitrogens with two attached hydrogens (primary N) is 1. The van der Waals surface area contributed by atoms with Crippen molar-refractivity contribution in [3.8, 4) is 28.6 Å². The molecule has 1 aromatic heterocycles. The standard InChI is InChI=1S/C21H21N3O3/c1-25-21-18(23-15-7-5-14(13-22)6-8-15)10-9-17(24-21)16-3-2-4-19-20(16)27-12-11-26-19/h2-10,23H,11-13,22H2,1H3. The Balaban J connectivity index is 1.65. The summed E-state index contributed by atoms with van der Waals surface area (Å²) in [6.45, 7) is 1.60. The number of rotatable bonds is 5. The van der Waals surface area contributed by atoms with E-state index in [1.807, 2.05) is 54.6 Å². The van der Waals surface area contributed by atoms with Gasteiger partial charge in [0.15, 0.2) is 11.5 Å². The van der Waals surface area contributed by atoms with E-state index in [1.54, 1.807) is 7.11 Å². The van der Waals surface area contributed by atoms with Crippen LogP contribution in [0.4, 0.5) is 11.4 Å². The Kier molecular flexibility index (Phi) is 4.80. The number of pyridine rings is 1. The SMILES string of the molecule is COc1nc(-c2cccc3c2OCCO3)ccc1Nc1ccc(CN)cc1. The van der Waals surface area contributed by atoms with Crippen LogP contribution in [0.5, 0.6) is 17.4 Å².